The van der Waals surface area contributed by atoms with E-state index >= 15 is 0 Å². The second kappa shape index (κ2) is 3.26. The number of carboxylic acid groups (broad SMARTS) is 1. The van der Waals surface area contributed by atoms with Gasteiger partial charge < -0.3 is 9.84 Å². The molecule has 1 heterocycles. The molecule has 0 saturated carbocycles. The zero-order chi connectivity index (χ0) is 10.1. The largest absolute Gasteiger partial charge is 0.494 e. The molecule has 4 nitrogen and oxygen atoms in total. The minimum absolute atomic E-state index is 0.221. The topological polar surface area (TPSA) is 59.4 Å². The van der Waals surface area contributed by atoms with E-state index in [1.54, 1.807) is 11.6 Å². The van der Waals surface area contributed by atoms with Gasteiger partial charge in [0, 0.05) is 0 Å². The number of benzene rings is 1. The second-order valence-corrected chi connectivity index (χ2v) is 3.57. The third-order valence-electron chi connectivity index (χ3n) is 1.87. The Kier molecular flexibility index (Phi) is 2.09. The van der Waals surface area contributed by atoms with Crippen LogP contribution in [0.5, 0.6) is 5.75 Å². The van der Waals surface area contributed by atoms with E-state index in [4.69, 9.17) is 9.84 Å². The minimum Gasteiger partial charge on any atom is -0.494 e. The molecule has 0 atom stereocenters. The van der Waals surface area contributed by atoms with Crippen LogP contribution in [0.15, 0.2) is 17.6 Å². The Morgan fingerprint density at radius 1 is 1.57 bits per heavy atom. The number of hydrogen-bond acceptors (Lipinski definition) is 4. The molecule has 0 amide bonds. The Morgan fingerprint density at radius 3 is 3.00 bits per heavy atom. The molecule has 14 heavy (non-hydrogen) atoms. The monoisotopic (exact) mass is 209 g/mol. The Morgan fingerprint density at radius 2 is 2.36 bits per heavy atom. The lowest BCUT2D eigenvalue weighted by Gasteiger charge is -2.01. The molecule has 1 N–H and O–H groups in total. The third kappa shape index (κ3) is 1.31. The summed E-state index contributed by atoms with van der Waals surface area (Å²) in [6.45, 7) is 0. The number of rotatable bonds is 2. The number of aromatic carboxylic acids is 1. The molecule has 5 heteroatoms. The van der Waals surface area contributed by atoms with Crippen LogP contribution in [0.2, 0.25) is 0 Å². The molecule has 2 aromatic rings. The van der Waals surface area contributed by atoms with Crippen molar-refractivity contribution in [1.82, 2.24) is 4.98 Å². The standard InChI is InChI=1S/C9H7NO3S/c1-13-6-2-5(9(11)12)3-7-8(6)10-4-14-7/h2-4H,1H3,(H,11,12). The highest BCUT2D eigenvalue weighted by Gasteiger charge is 2.10. The molecule has 0 aliphatic rings. The van der Waals surface area contributed by atoms with Gasteiger partial charge in [0.15, 0.2) is 0 Å². The van der Waals surface area contributed by atoms with Crippen molar-refractivity contribution in [2.24, 2.45) is 0 Å². The summed E-state index contributed by atoms with van der Waals surface area (Å²) >= 11 is 1.39. The van der Waals surface area contributed by atoms with Crippen molar-refractivity contribution in [3.63, 3.8) is 0 Å². The van der Waals surface area contributed by atoms with Crippen molar-refractivity contribution in [3.05, 3.63) is 23.2 Å². The SMILES string of the molecule is COc1cc(C(=O)O)cc2scnc12. The highest BCUT2D eigenvalue weighted by atomic mass is 32.1. The number of fused-ring (bicyclic) bond motifs is 1. The van der Waals surface area contributed by atoms with Crippen LogP contribution in [0.4, 0.5) is 0 Å². The summed E-state index contributed by atoms with van der Waals surface area (Å²) in [5, 5.41) is 8.83. The molecule has 0 spiro atoms. The molecule has 0 aliphatic carbocycles. The molecule has 1 aromatic heterocycles. The van der Waals surface area contributed by atoms with E-state index in [0.29, 0.717) is 11.3 Å². The van der Waals surface area contributed by atoms with Crippen LogP contribution in [-0.2, 0) is 0 Å². The van der Waals surface area contributed by atoms with Gasteiger partial charge in [0.25, 0.3) is 0 Å². The average molecular weight is 209 g/mol. The van der Waals surface area contributed by atoms with Crippen LogP contribution in [0, 0.1) is 0 Å². The number of nitrogens with zero attached hydrogens (tertiary/aromatic N) is 1. The van der Waals surface area contributed by atoms with Crippen molar-refractivity contribution in [3.8, 4) is 5.75 Å². The van der Waals surface area contributed by atoms with E-state index in [-0.39, 0.29) is 5.56 Å². The highest BCUT2D eigenvalue weighted by molar-refractivity contribution is 7.16. The number of ether oxygens (including phenoxy) is 1. The van der Waals surface area contributed by atoms with Gasteiger partial charge in [0.05, 0.1) is 22.9 Å². The minimum atomic E-state index is -0.960. The molecule has 0 aliphatic heterocycles. The lowest BCUT2D eigenvalue weighted by molar-refractivity contribution is 0.0696. The number of aromatic nitrogens is 1. The van der Waals surface area contributed by atoms with E-state index in [1.165, 1.54) is 24.5 Å². The molecular formula is C9H7NO3S. The summed E-state index contributed by atoms with van der Waals surface area (Å²) in [5.74, 6) is -0.459. The lowest BCUT2D eigenvalue weighted by atomic mass is 10.2. The normalized spacial score (nSPS) is 10.4. The van der Waals surface area contributed by atoms with Gasteiger partial charge in [-0.25, -0.2) is 9.78 Å². The maximum Gasteiger partial charge on any atom is 0.335 e. The first-order valence-corrected chi connectivity index (χ1v) is 4.75. The van der Waals surface area contributed by atoms with Crippen molar-refractivity contribution in [2.75, 3.05) is 7.11 Å². The molecule has 0 radical (unpaired) electrons. The lowest BCUT2D eigenvalue weighted by Crippen LogP contribution is -1.96. The molecule has 72 valence electrons. The Bertz CT molecular complexity index is 492. The Balaban J connectivity index is 2.73. The first-order chi connectivity index (χ1) is 6.72. The summed E-state index contributed by atoms with van der Waals surface area (Å²) in [6, 6.07) is 3.07. The summed E-state index contributed by atoms with van der Waals surface area (Å²) in [5.41, 5.74) is 2.60. The summed E-state index contributed by atoms with van der Waals surface area (Å²) in [7, 11) is 1.50. The Hall–Kier alpha value is -1.62. The predicted molar refractivity (Wildman–Crippen MR) is 53.1 cm³/mol. The predicted octanol–water partition coefficient (Wildman–Crippen LogP) is 2.00. The van der Waals surface area contributed by atoms with Crippen molar-refractivity contribution >= 4 is 27.5 Å². The first-order valence-electron chi connectivity index (χ1n) is 3.87. The van der Waals surface area contributed by atoms with Crippen molar-refractivity contribution < 1.29 is 14.6 Å². The van der Waals surface area contributed by atoms with Gasteiger partial charge in [-0.05, 0) is 12.1 Å². The molecule has 0 saturated heterocycles. The fraction of sp³-hybridized carbons (Fsp3) is 0.111. The third-order valence-corrected chi connectivity index (χ3v) is 2.64. The maximum atomic E-state index is 10.8. The van der Waals surface area contributed by atoms with Gasteiger partial charge in [-0.1, -0.05) is 0 Å². The molecule has 0 bridgehead atoms. The van der Waals surface area contributed by atoms with E-state index in [0.717, 1.165) is 4.70 Å². The van der Waals surface area contributed by atoms with Crippen LogP contribution in [0.1, 0.15) is 10.4 Å². The zero-order valence-electron chi connectivity index (χ0n) is 7.35. The van der Waals surface area contributed by atoms with Crippen LogP contribution in [0.25, 0.3) is 10.2 Å². The molecule has 0 unspecified atom stereocenters. The molecule has 2 rings (SSSR count). The maximum absolute atomic E-state index is 10.8. The molecule has 0 fully saturated rings. The van der Waals surface area contributed by atoms with E-state index in [1.807, 2.05) is 0 Å². The van der Waals surface area contributed by atoms with Gasteiger partial charge in [0.2, 0.25) is 0 Å². The van der Waals surface area contributed by atoms with Crippen molar-refractivity contribution in [1.29, 1.82) is 0 Å². The fourth-order valence-corrected chi connectivity index (χ4v) is 1.95. The molecule has 1 aromatic carbocycles. The number of carbonyl (C=O) groups is 1. The van der Waals surface area contributed by atoms with Crippen LogP contribution < -0.4 is 4.74 Å². The van der Waals surface area contributed by atoms with Crippen LogP contribution in [0.3, 0.4) is 0 Å². The summed E-state index contributed by atoms with van der Waals surface area (Å²) in [4.78, 5) is 14.9. The van der Waals surface area contributed by atoms with Crippen molar-refractivity contribution in [2.45, 2.75) is 0 Å². The van der Waals surface area contributed by atoms with Gasteiger partial charge in [-0.3, -0.25) is 0 Å². The summed E-state index contributed by atoms with van der Waals surface area (Å²) < 4.78 is 5.88. The summed E-state index contributed by atoms with van der Waals surface area (Å²) in [6.07, 6.45) is 0. The van der Waals surface area contributed by atoms with E-state index in [9.17, 15) is 4.79 Å². The number of hydrogen-bond donors (Lipinski definition) is 1. The van der Waals surface area contributed by atoms with E-state index in [2.05, 4.69) is 4.98 Å². The van der Waals surface area contributed by atoms with Gasteiger partial charge in [-0.15, -0.1) is 11.3 Å². The molecular weight excluding hydrogens is 202 g/mol. The number of methoxy groups -OCH3 is 1. The number of thiazole rings is 1. The number of carboxylic acids is 1. The Labute approximate surface area is 83.8 Å². The van der Waals surface area contributed by atoms with E-state index < -0.39 is 5.97 Å². The average Bonchev–Trinajstić information content (AvgIpc) is 2.63. The fourth-order valence-electron chi connectivity index (χ4n) is 1.21. The zero-order valence-corrected chi connectivity index (χ0v) is 8.17. The highest BCUT2D eigenvalue weighted by Crippen LogP contribution is 2.28. The van der Waals surface area contributed by atoms with Crippen LogP contribution >= 0.6 is 11.3 Å². The second-order valence-electron chi connectivity index (χ2n) is 2.68. The quantitative estimate of drug-likeness (QED) is 0.821. The smallest absolute Gasteiger partial charge is 0.335 e. The van der Waals surface area contributed by atoms with Crippen LogP contribution in [-0.4, -0.2) is 23.2 Å². The van der Waals surface area contributed by atoms with Gasteiger partial charge in [-0.2, -0.15) is 0 Å². The van der Waals surface area contributed by atoms with Gasteiger partial charge >= 0.3 is 5.97 Å². The van der Waals surface area contributed by atoms with Gasteiger partial charge in [0.1, 0.15) is 11.3 Å². The first kappa shape index (κ1) is 8.96.